The number of rotatable bonds is 7. The van der Waals surface area contributed by atoms with Gasteiger partial charge in [0.15, 0.2) is 0 Å². The minimum absolute atomic E-state index is 0.0766. The number of nitrogens with zero attached hydrogens (tertiary/aromatic N) is 2. The molecule has 1 amide bonds. The van der Waals surface area contributed by atoms with Gasteiger partial charge >= 0.3 is 0 Å². The monoisotopic (exact) mass is 314 g/mol. The van der Waals surface area contributed by atoms with E-state index in [1.54, 1.807) is 0 Å². The van der Waals surface area contributed by atoms with Gasteiger partial charge in [0.05, 0.1) is 11.9 Å². The second-order valence-corrected chi connectivity index (χ2v) is 6.18. The number of amides is 1. The molecular weight excluding hydrogens is 288 g/mol. The fraction of sp³-hybridized carbons (Fsp3) is 0.444. The Morgan fingerprint density at radius 3 is 2.57 bits per heavy atom. The summed E-state index contributed by atoms with van der Waals surface area (Å²) >= 11 is 0. The van der Waals surface area contributed by atoms with Crippen LogP contribution in [0, 0.1) is 6.92 Å². The quantitative estimate of drug-likeness (QED) is 0.826. The average molecular weight is 314 g/mol. The normalized spacial score (nSPS) is 12.4. The van der Waals surface area contributed by atoms with Crippen molar-refractivity contribution < 1.29 is 4.79 Å². The smallest absolute Gasteiger partial charge is 0.221 e. The molecule has 0 aliphatic rings. The number of hydrogen-bond donors (Lipinski definition) is 2. The first kappa shape index (κ1) is 17.2. The maximum atomic E-state index is 11.8. The fourth-order valence-corrected chi connectivity index (χ4v) is 2.56. The molecule has 0 saturated heterocycles. The minimum atomic E-state index is 0.0766. The molecule has 0 bridgehead atoms. The van der Waals surface area contributed by atoms with Gasteiger partial charge in [0.25, 0.3) is 0 Å². The van der Waals surface area contributed by atoms with Gasteiger partial charge in [-0.25, -0.2) is 4.98 Å². The van der Waals surface area contributed by atoms with Crippen molar-refractivity contribution in [3.05, 3.63) is 48.0 Å². The molecular formula is C18H26N4O. The molecule has 0 saturated carbocycles. The molecule has 124 valence electrons. The van der Waals surface area contributed by atoms with Crippen LogP contribution in [0.4, 0.5) is 0 Å². The van der Waals surface area contributed by atoms with Crippen LogP contribution in [-0.2, 0) is 11.3 Å². The summed E-state index contributed by atoms with van der Waals surface area (Å²) in [5.41, 5.74) is 2.19. The summed E-state index contributed by atoms with van der Waals surface area (Å²) in [5, 5.41) is 6.32. The molecule has 0 spiro atoms. The van der Waals surface area contributed by atoms with E-state index in [1.807, 2.05) is 52.1 Å². The van der Waals surface area contributed by atoms with Crippen LogP contribution in [0.2, 0.25) is 0 Å². The Morgan fingerprint density at radius 2 is 1.91 bits per heavy atom. The van der Waals surface area contributed by atoms with E-state index >= 15 is 0 Å². The van der Waals surface area contributed by atoms with Crippen molar-refractivity contribution in [1.82, 2.24) is 20.2 Å². The Bertz CT molecular complexity index is 634. The van der Waals surface area contributed by atoms with Gasteiger partial charge in [-0.3, -0.25) is 9.36 Å². The first-order chi connectivity index (χ1) is 11.0. The number of imidazole rings is 1. The lowest BCUT2D eigenvalue weighted by Gasteiger charge is -2.16. The van der Waals surface area contributed by atoms with Crippen molar-refractivity contribution in [2.75, 3.05) is 0 Å². The van der Waals surface area contributed by atoms with Gasteiger partial charge in [0.2, 0.25) is 5.91 Å². The number of carbonyl (C=O) groups excluding carboxylic acids is 1. The predicted octanol–water partition coefficient (Wildman–Crippen LogP) is 2.57. The van der Waals surface area contributed by atoms with Crippen LogP contribution in [0.25, 0.3) is 5.69 Å². The number of aryl methyl sites for hydroxylation is 1. The van der Waals surface area contributed by atoms with Crippen molar-refractivity contribution in [3.63, 3.8) is 0 Å². The van der Waals surface area contributed by atoms with E-state index in [0.717, 1.165) is 17.2 Å². The summed E-state index contributed by atoms with van der Waals surface area (Å²) in [7, 11) is 0. The molecule has 23 heavy (non-hydrogen) atoms. The van der Waals surface area contributed by atoms with E-state index in [4.69, 9.17) is 0 Å². The molecule has 2 aromatic rings. The van der Waals surface area contributed by atoms with E-state index < -0.39 is 0 Å². The Labute approximate surface area is 138 Å². The largest absolute Gasteiger partial charge is 0.354 e. The predicted molar refractivity (Wildman–Crippen MR) is 92.5 cm³/mol. The Morgan fingerprint density at radius 1 is 1.22 bits per heavy atom. The zero-order valence-electron chi connectivity index (χ0n) is 14.3. The molecule has 0 unspecified atom stereocenters. The first-order valence-electron chi connectivity index (χ1n) is 8.08. The van der Waals surface area contributed by atoms with E-state index in [1.165, 1.54) is 0 Å². The molecule has 2 N–H and O–H groups in total. The summed E-state index contributed by atoms with van der Waals surface area (Å²) in [5.74, 6) is 1.03. The highest BCUT2D eigenvalue weighted by Crippen LogP contribution is 2.14. The lowest BCUT2D eigenvalue weighted by molar-refractivity contribution is -0.122. The topological polar surface area (TPSA) is 59.0 Å². The lowest BCUT2D eigenvalue weighted by Crippen LogP contribution is -2.36. The molecule has 1 aromatic heterocycles. The molecule has 0 radical (unpaired) electrons. The maximum Gasteiger partial charge on any atom is 0.221 e. The Hall–Kier alpha value is -2.14. The highest BCUT2D eigenvalue weighted by molar-refractivity contribution is 5.76. The maximum absolute atomic E-state index is 11.8. The number of aromatic nitrogens is 2. The van der Waals surface area contributed by atoms with E-state index in [-0.39, 0.29) is 18.0 Å². The van der Waals surface area contributed by atoms with Crippen molar-refractivity contribution in [1.29, 1.82) is 0 Å². The van der Waals surface area contributed by atoms with Gasteiger partial charge in [-0.2, -0.15) is 0 Å². The minimum Gasteiger partial charge on any atom is -0.354 e. The van der Waals surface area contributed by atoms with Gasteiger partial charge in [-0.15, -0.1) is 0 Å². The van der Waals surface area contributed by atoms with E-state index in [9.17, 15) is 4.79 Å². The standard InChI is InChI=1S/C18H26N4O/c1-13(2)21-18(23)10-14(3)19-11-17-12-20-15(4)22(17)16-8-6-5-7-9-16/h5-9,12-14,19H,10-11H2,1-4H3,(H,21,23)/t14-/m1/s1. The van der Waals surface area contributed by atoms with Crippen LogP contribution >= 0.6 is 0 Å². The van der Waals surface area contributed by atoms with Crippen molar-refractivity contribution in [2.45, 2.75) is 52.7 Å². The number of para-hydroxylation sites is 1. The van der Waals surface area contributed by atoms with Crippen LogP contribution in [-0.4, -0.2) is 27.5 Å². The molecule has 1 atom stereocenters. The van der Waals surface area contributed by atoms with Crippen molar-refractivity contribution in [2.24, 2.45) is 0 Å². The lowest BCUT2D eigenvalue weighted by atomic mass is 10.2. The fourth-order valence-electron chi connectivity index (χ4n) is 2.56. The zero-order valence-corrected chi connectivity index (χ0v) is 14.3. The van der Waals surface area contributed by atoms with E-state index in [2.05, 4.69) is 32.3 Å². The third-order valence-electron chi connectivity index (χ3n) is 3.60. The highest BCUT2D eigenvalue weighted by atomic mass is 16.1. The van der Waals surface area contributed by atoms with Gasteiger partial charge in [-0.05, 0) is 39.8 Å². The number of nitrogens with one attached hydrogen (secondary N) is 2. The second-order valence-electron chi connectivity index (χ2n) is 6.18. The second kappa shape index (κ2) is 7.92. The Balaban J connectivity index is 1.98. The van der Waals surface area contributed by atoms with Crippen molar-refractivity contribution in [3.8, 4) is 5.69 Å². The Kier molecular flexibility index (Phi) is 5.93. The molecule has 1 heterocycles. The first-order valence-corrected chi connectivity index (χ1v) is 8.08. The van der Waals surface area contributed by atoms with Gasteiger partial charge in [0.1, 0.15) is 5.82 Å². The molecule has 1 aromatic carbocycles. The van der Waals surface area contributed by atoms with E-state index in [0.29, 0.717) is 13.0 Å². The number of carbonyl (C=O) groups is 1. The zero-order chi connectivity index (χ0) is 16.8. The van der Waals surface area contributed by atoms with Crippen molar-refractivity contribution >= 4 is 5.91 Å². The number of hydrogen-bond acceptors (Lipinski definition) is 3. The van der Waals surface area contributed by atoms with Crippen LogP contribution in [0.5, 0.6) is 0 Å². The van der Waals surface area contributed by atoms with Crippen LogP contribution in [0.3, 0.4) is 0 Å². The third-order valence-corrected chi connectivity index (χ3v) is 3.60. The number of benzene rings is 1. The average Bonchev–Trinajstić information content (AvgIpc) is 2.86. The molecule has 5 heteroatoms. The molecule has 2 rings (SSSR count). The molecule has 0 fully saturated rings. The summed E-state index contributed by atoms with van der Waals surface area (Å²) in [6.45, 7) is 8.63. The molecule has 0 aliphatic carbocycles. The van der Waals surface area contributed by atoms with Gasteiger partial charge in [0, 0.05) is 30.7 Å². The van der Waals surface area contributed by atoms with Gasteiger partial charge in [-0.1, -0.05) is 18.2 Å². The summed E-state index contributed by atoms with van der Waals surface area (Å²) < 4.78 is 2.13. The van der Waals surface area contributed by atoms with Gasteiger partial charge < -0.3 is 10.6 Å². The summed E-state index contributed by atoms with van der Waals surface area (Å²) in [6, 6.07) is 10.5. The highest BCUT2D eigenvalue weighted by Gasteiger charge is 2.12. The summed E-state index contributed by atoms with van der Waals surface area (Å²) in [4.78, 5) is 16.2. The summed E-state index contributed by atoms with van der Waals surface area (Å²) in [6.07, 6.45) is 2.35. The molecule has 5 nitrogen and oxygen atoms in total. The SMILES string of the molecule is Cc1ncc(CN[C@H](C)CC(=O)NC(C)C)n1-c1ccccc1. The van der Waals surface area contributed by atoms with Crippen LogP contribution < -0.4 is 10.6 Å². The van der Waals surface area contributed by atoms with Crippen LogP contribution in [0.15, 0.2) is 36.5 Å². The molecule has 0 aliphatic heterocycles. The third kappa shape index (κ3) is 4.93. The van der Waals surface area contributed by atoms with Crippen LogP contribution in [0.1, 0.15) is 38.7 Å².